The molecule has 1 saturated heterocycles. The zero-order valence-corrected chi connectivity index (χ0v) is 7.99. The molecule has 1 aliphatic rings. The van der Waals surface area contributed by atoms with Gasteiger partial charge in [0.25, 0.3) is 0 Å². The number of hydrogen-bond donors (Lipinski definition) is 1. The van der Waals surface area contributed by atoms with E-state index in [2.05, 4.69) is 20.3 Å². The molecule has 2 heterocycles. The molecule has 0 atom stereocenters. The van der Waals surface area contributed by atoms with Gasteiger partial charge in [0.05, 0.1) is 6.04 Å². The van der Waals surface area contributed by atoms with Gasteiger partial charge in [-0.1, -0.05) is 0 Å². The number of nitrogens with zero attached hydrogens (tertiary/aromatic N) is 4. The van der Waals surface area contributed by atoms with E-state index in [-0.39, 0.29) is 5.28 Å². The van der Waals surface area contributed by atoms with Crippen molar-refractivity contribution in [2.45, 2.75) is 6.04 Å². The smallest absolute Gasteiger partial charge is 0.229 e. The van der Waals surface area contributed by atoms with Crippen LogP contribution in [0, 0.1) is 0 Å². The maximum atomic E-state index is 5.65. The molecule has 6 heteroatoms. The highest BCUT2D eigenvalue weighted by atomic mass is 35.5. The highest BCUT2D eigenvalue weighted by Crippen LogP contribution is 2.11. The first-order valence-corrected chi connectivity index (χ1v) is 4.43. The third kappa shape index (κ3) is 1.71. The van der Waals surface area contributed by atoms with E-state index in [0.29, 0.717) is 12.0 Å². The summed E-state index contributed by atoms with van der Waals surface area (Å²) in [6.07, 6.45) is 1.42. The molecule has 70 valence electrons. The van der Waals surface area contributed by atoms with Crippen LogP contribution in [0.5, 0.6) is 0 Å². The monoisotopic (exact) mass is 199 g/mol. The van der Waals surface area contributed by atoms with Gasteiger partial charge in [0.15, 0.2) is 0 Å². The van der Waals surface area contributed by atoms with Crippen molar-refractivity contribution in [3.63, 3.8) is 0 Å². The van der Waals surface area contributed by atoms with Gasteiger partial charge in [0, 0.05) is 20.1 Å². The van der Waals surface area contributed by atoms with Crippen LogP contribution in [0.1, 0.15) is 0 Å². The Morgan fingerprint density at radius 2 is 2.31 bits per heavy atom. The van der Waals surface area contributed by atoms with Crippen molar-refractivity contribution < 1.29 is 0 Å². The Morgan fingerprint density at radius 3 is 2.85 bits per heavy atom. The summed E-state index contributed by atoms with van der Waals surface area (Å²) < 4.78 is 0. The lowest BCUT2D eigenvalue weighted by atomic mass is 10.1. The molecule has 0 amide bonds. The molecule has 0 spiro atoms. The average Bonchev–Trinajstić information content (AvgIpc) is 2.01. The molecule has 0 unspecified atom stereocenters. The van der Waals surface area contributed by atoms with Gasteiger partial charge in [-0.15, -0.1) is 0 Å². The second-order valence-corrected chi connectivity index (χ2v) is 3.32. The maximum absolute atomic E-state index is 5.65. The minimum Gasteiger partial charge on any atom is -0.338 e. The minimum absolute atomic E-state index is 0.240. The number of nitrogens with one attached hydrogen (secondary N) is 1. The molecule has 13 heavy (non-hydrogen) atoms. The Hall–Kier alpha value is -0.940. The van der Waals surface area contributed by atoms with Gasteiger partial charge in [-0.2, -0.15) is 4.98 Å². The fraction of sp³-hybridized carbons (Fsp3) is 0.571. The van der Waals surface area contributed by atoms with Gasteiger partial charge in [-0.25, -0.2) is 9.97 Å². The molecule has 1 fully saturated rings. The lowest BCUT2D eigenvalue weighted by Crippen LogP contribution is -2.56. The molecule has 1 aromatic rings. The predicted molar refractivity (Wildman–Crippen MR) is 49.9 cm³/mol. The van der Waals surface area contributed by atoms with Gasteiger partial charge < -0.3 is 10.2 Å². The van der Waals surface area contributed by atoms with E-state index in [1.54, 1.807) is 0 Å². The summed E-state index contributed by atoms with van der Waals surface area (Å²) in [5, 5.41) is 3.42. The Bertz CT molecular complexity index is 301. The van der Waals surface area contributed by atoms with Crippen LogP contribution in [0.25, 0.3) is 0 Å². The second-order valence-electron chi connectivity index (χ2n) is 2.98. The van der Waals surface area contributed by atoms with Crippen molar-refractivity contribution in [1.29, 1.82) is 0 Å². The van der Waals surface area contributed by atoms with E-state index in [1.165, 1.54) is 6.33 Å². The number of anilines is 1. The Labute approximate surface area is 81.2 Å². The van der Waals surface area contributed by atoms with Crippen LogP contribution in [-0.4, -0.2) is 41.1 Å². The molecule has 1 N–H and O–H groups in total. The van der Waals surface area contributed by atoms with Crippen molar-refractivity contribution in [2.75, 3.05) is 25.0 Å². The van der Waals surface area contributed by atoms with Crippen molar-refractivity contribution in [2.24, 2.45) is 0 Å². The lowest BCUT2D eigenvalue weighted by molar-refractivity contribution is 0.424. The summed E-state index contributed by atoms with van der Waals surface area (Å²) in [5.41, 5.74) is 0. The minimum atomic E-state index is 0.240. The van der Waals surface area contributed by atoms with Crippen LogP contribution in [0.4, 0.5) is 5.95 Å². The zero-order valence-electron chi connectivity index (χ0n) is 7.24. The van der Waals surface area contributed by atoms with E-state index in [0.717, 1.165) is 13.1 Å². The number of hydrogen-bond acceptors (Lipinski definition) is 5. The second kappa shape index (κ2) is 3.43. The van der Waals surface area contributed by atoms with Crippen LogP contribution < -0.4 is 10.2 Å². The normalized spacial score (nSPS) is 16.8. The molecule has 0 aromatic carbocycles. The molecule has 1 aromatic heterocycles. The van der Waals surface area contributed by atoms with Crippen molar-refractivity contribution >= 4 is 17.5 Å². The SMILES string of the molecule is CN(c1ncnc(Cl)n1)C1CNC1. The van der Waals surface area contributed by atoms with Gasteiger partial charge in [0.1, 0.15) is 6.33 Å². The molecule has 0 radical (unpaired) electrons. The Balaban J connectivity index is 2.14. The fourth-order valence-electron chi connectivity index (χ4n) is 1.15. The highest BCUT2D eigenvalue weighted by Gasteiger charge is 2.23. The summed E-state index contributed by atoms with van der Waals surface area (Å²) in [5.74, 6) is 0.631. The van der Waals surface area contributed by atoms with Gasteiger partial charge in [0.2, 0.25) is 11.2 Å². The van der Waals surface area contributed by atoms with E-state index in [4.69, 9.17) is 11.6 Å². The maximum Gasteiger partial charge on any atom is 0.229 e. The Kier molecular flexibility index (Phi) is 2.28. The predicted octanol–water partition coefficient (Wildman–Crippen LogP) is -0.0670. The number of likely N-dealkylation sites (N-methyl/N-ethyl adjacent to an activating group) is 1. The Morgan fingerprint density at radius 1 is 1.54 bits per heavy atom. The van der Waals surface area contributed by atoms with Crippen LogP contribution in [0.3, 0.4) is 0 Å². The molecule has 0 aliphatic carbocycles. The summed E-state index contributed by atoms with van der Waals surface area (Å²) in [6, 6.07) is 0.471. The molecule has 0 bridgehead atoms. The first kappa shape index (κ1) is 8.65. The van der Waals surface area contributed by atoms with Crippen molar-refractivity contribution in [3.05, 3.63) is 11.6 Å². The molecular formula is C7H10ClN5. The average molecular weight is 200 g/mol. The summed E-state index contributed by atoms with van der Waals surface area (Å²) in [7, 11) is 1.96. The topological polar surface area (TPSA) is 53.9 Å². The van der Waals surface area contributed by atoms with Crippen LogP contribution in [-0.2, 0) is 0 Å². The van der Waals surface area contributed by atoms with Gasteiger partial charge in [-0.05, 0) is 11.6 Å². The fourth-order valence-corrected chi connectivity index (χ4v) is 1.27. The van der Waals surface area contributed by atoms with Gasteiger partial charge >= 0.3 is 0 Å². The van der Waals surface area contributed by atoms with E-state index >= 15 is 0 Å². The zero-order chi connectivity index (χ0) is 9.26. The summed E-state index contributed by atoms with van der Waals surface area (Å²) in [6.45, 7) is 1.94. The summed E-state index contributed by atoms with van der Waals surface area (Å²) >= 11 is 5.65. The van der Waals surface area contributed by atoms with Crippen LogP contribution >= 0.6 is 11.6 Å². The first-order valence-electron chi connectivity index (χ1n) is 4.05. The molecule has 1 aliphatic heterocycles. The van der Waals surface area contributed by atoms with Crippen molar-refractivity contribution in [3.8, 4) is 0 Å². The summed E-state index contributed by atoms with van der Waals surface area (Å²) in [4.78, 5) is 13.8. The largest absolute Gasteiger partial charge is 0.338 e. The standard InChI is InChI=1S/C7H10ClN5/c1-13(5-2-9-3-5)7-11-4-10-6(8)12-7/h4-5,9H,2-3H2,1H3. The molecule has 5 nitrogen and oxygen atoms in total. The quantitative estimate of drug-likeness (QED) is 0.723. The third-order valence-electron chi connectivity index (χ3n) is 2.15. The number of halogens is 1. The van der Waals surface area contributed by atoms with Crippen LogP contribution in [0.2, 0.25) is 5.28 Å². The molecule has 0 saturated carbocycles. The number of rotatable bonds is 2. The highest BCUT2D eigenvalue weighted by molar-refractivity contribution is 6.28. The molecule has 2 rings (SSSR count). The van der Waals surface area contributed by atoms with Crippen LogP contribution in [0.15, 0.2) is 6.33 Å². The van der Waals surface area contributed by atoms with Crippen molar-refractivity contribution in [1.82, 2.24) is 20.3 Å². The third-order valence-corrected chi connectivity index (χ3v) is 2.33. The van der Waals surface area contributed by atoms with E-state index in [1.807, 2.05) is 11.9 Å². The first-order chi connectivity index (χ1) is 6.27. The van der Waals surface area contributed by atoms with E-state index in [9.17, 15) is 0 Å². The van der Waals surface area contributed by atoms with Gasteiger partial charge in [-0.3, -0.25) is 0 Å². The number of aromatic nitrogens is 3. The molecular weight excluding hydrogens is 190 g/mol. The lowest BCUT2D eigenvalue weighted by Gasteiger charge is -2.35. The van der Waals surface area contributed by atoms with E-state index < -0.39 is 0 Å².